The fourth-order valence-electron chi connectivity index (χ4n) is 2.89. The summed E-state index contributed by atoms with van der Waals surface area (Å²) >= 11 is 0. The van der Waals surface area contributed by atoms with E-state index in [9.17, 15) is 22.4 Å². The third-order valence-electron chi connectivity index (χ3n) is 4.32. The van der Waals surface area contributed by atoms with Gasteiger partial charge in [0.15, 0.2) is 0 Å². The topological polar surface area (TPSA) is 45.2 Å². The average molecular weight is 404 g/mol. The van der Waals surface area contributed by atoms with Gasteiger partial charge in [-0.05, 0) is 24.5 Å². The summed E-state index contributed by atoms with van der Waals surface area (Å²) in [5, 5.41) is 3.09. The highest BCUT2D eigenvalue weighted by Crippen LogP contribution is 2.26. The molecule has 1 fully saturated rings. The van der Waals surface area contributed by atoms with Crippen LogP contribution < -0.4 is 5.32 Å². The van der Waals surface area contributed by atoms with Crippen LogP contribution in [0.3, 0.4) is 0 Å². The van der Waals surface area contributed by atoms with E-state index in [2.05, 4.69) is 10.3 Å². The zero-order chi connectivity index (χ0) is 18.7. The highest BCUT2D eigenvalue weighted by atomic mass is 35.5. The number of nitrogens with zero attached hydrogens (tertiary/aromatic N) is 2. The monoisotopic (exact) mass is 403 g/mol. The van der Waals surface area contributed by atoms with Gasteiger partial charge in [-0.2, -0.15) is 0 Å². The van der Waals surface area contributed by atoms with Gasteiger partial charge in [0.25, 0.3) is 6.43 Å². The number of hydrogen-bond acceptors (Lipinski definition) is 3. The van der Waals surface area contributed by atoms with E-state index in [0.29, 0.717) is 29.2 Å². The summed E-state index contributed by atoms with van der Waals surface area (Å²) in [5.74, 6) is -1.05. The zero-order valence-electron chi connectivity index (χ0n) is 14.2. The maximum atomic E-state index is 14.1. The van der Waals surface area contributed by atoms with Gasteiger partial charge in [-0.25, -0.2) is 13.2 Å². The second kappa shape index (κ2) is 9.14. The van der Waals surface area contributed by atoms with Crippen molar-refractivity contribution in [3.05, 3.63) is 53.6 Å². The van der Waals surface area contributed by atoms with Gasteiger partial charge in [0, 0.05) is 17.7 Å². The van der Waals surface area contributed by atoms with Crippen LogP contribution in [0, 0.1) is 5.82 Å². The number of rotatable bonds is 5. The first-order valence-corrected chi connectivity index (χ1v) is 8.18. The van der Waals surface area contributed by atoms with E-state index in [-0.39, 0.29) is 36.6 Å². The summed E-state index contributed by atoms with van der Waals surface area (Å²) in [6.45, 7) is 0.247. The van der Waals surface area contributed by atoms with Gasteiger partial charge in [0.2, 0.25) is 5.91 Å². The van der Waals surface area contributed by atoms with E-state index in [1.54, 1.807) is 0 Å². The van der Waals surface area contributed by atoms with Gasteiger partial charge in [0.05, 0.1) is 18.4 Å². The Morgan fingerprint density at radius 1 is 1.30 bits per heavy atom. The normalized spacial score (nSPS) is 17.0. The van der Waals surface area contributed by atoms with Crippen LogP contribution in [0.2, 0.25) is 0 Å². The number of hydrogen-bond donors (Lipinski definition) is 1. The van der Waals surface area contributed by atoms with E-state index >= 15 is 0 Å². The van der Waals surface area contributed by atoms with Crippen LogP contribution in [0.25, 0.3) is 11.1 Å². The molecule has 0 radical (unpaired) electrons. The Morgan fingerprint density at radius 3 is 2.59 bits per heavy atom. The van der Waals surface area contributed by atoms with E-state index < -0.39 is 24.2 Å². The van der Waals surface area contributed by atoms with Crippen molar-refractivity contribution >= 4 is 18.3 Å². The molecule has 2 aromatic rings. The molecular formula is C18H18ClF4N3O. The van der Waals surface area contributed by atoms with Crippen molar-refractivity contribution in [1.82, 2.24) is 15.4 Å². The smallest absolute Gasteiger partial charge is 0.263 e. The minimum atomic E-state index is -2.59. The molecule has 27 heavy (non-hydrogen) atoms. The number of carbonyl (C=O) groups is 1. The summed E-state index contributed by atoms with van der Waals surface area (Å²) in [6, 6.07) is 5.91. The molecule has 146 valence electrons. The van der Waals surface area contributed by atoms with Crippen LogP contribution in [0.4, 0.5) is 17.7 Å². The van der Waals surface area contributed by atoms with Gasteiger partial charge in [-0.3, -0.25) is 9.78 Å². The number of alkyl halides is 2. The maximum Gasteiger partial charge on any atom is 0.263 e. The molecule has 3 rings (SSSR count). The fourth-order valence-corrected chi connectivity index (χ4v) is 2.89. The summed E-state index contributed by atoms with van der Waals surface area (Å²) in [7, 11) is 0. The predicted octanol–water partition coefficient (Wildman–Crippen LogP) is 4.21. The van der Waals surface area contributed by atoms with Crippen LogP contribution in [-0.4, -0.2) is 28.6 Å². The molecule has 1 aromatic carbocycles. The minimum Gasteiger partial charge on any atom is -0.349 e. The average Bonchev–Trinajstić information content (AvgIpc) is 3.07. The summed E-state index contributed by atoms with van der Waals surface area (Å²) in [4.78, 5) is 15.9. The van der Waals surface area contributed by atoms with Crippen LogP contribution in [0.1, 0.15) is 30.5 Å². The van der Waals surface area contributed by atoms with Crippen molar-refractivity contribution in [3.63, 3.8) is 0 Å². The van der Waals surface area contributed by atoms with Gasteiger partial charge >= 0.3 is 0 Å². The zero-order valence-corrected chi connectivity index (χ0v) is 15.0. The van der Waals surface area contributed by atoms with E-state index in [0.717, 1.165) is 6.20 Å². The van der Waals surface area contributed by atoms with Crippen molar-refractivity contribution in [3.8, 4) is 11.1 Å². The lowest BCUT2D eigenvalue weighted by Gasteiger charge is -2.15. The summed E-state index contributed by atoms with van der Waals surface area (Å²) < 4.78 is 52.7. The Bertz CT molecular complexity index is 789. The molecule has 4 nitrogen and oxygen atoms in total. The fraction of sp³-hybridized carbons (Fsp3) is 0.333. The summed E-state index contributed by atoms with van der Waals surface area (Å²) in [5.41, 5.74) is 0.852. The van der Waals surface area contributed by atoms with Gasteiger partial charge in [0.1, 0.15) is 11.9 Å². The molecule has 1 aromatic heterocycles. The highest BCUT2D eigenvalue weighted by molar-refractivity contribution is 5.85. The van der Waals surface area contributed by atoms with Crippen LogP contribution in [0.5, 0.6) is 0 Å². The Hall–Kier alpha value is -2.19. The molecular weight excluding hydrogens is 386 g/mol. The standard InChI is InChI=1S/C18H17F4N3O.ClH/c19-15-10-23-13(9-24-18(26)16-2-1-7-25(16)22)8-14(15)11-3-5-12(6-4-11)17(20)21;/h3-6,8,10,16-17H,1-2,7,9H2,(H,24,26);1H. The molecule has 0 saturated carbocycles. The quantitative estimate of drug-likeness (QED) is 0.601. The number of nitrogens with one attached hydrogen (secondary N) is 1. The second-order valence-corrected chi connectivity index (χ2v) is 6.08. The number of halogens is 5. The second-order valence-electron chi connectivity index (χ2n) is 6.08. The number of pyridine rings is 1. The van der Waals surface area contributed by atoms with Gasteiger partial charge < -0.3 is 5.32 Å². The van der Waals surface area contributed by atoms with Crippen LogP contribution in [-0.2, 0) is 11.3 Å². The van der Waals surface area contributed by atoms with E-state index in [1.165, 1.54) is 30.3 Å². The van der Waals surface area contributed by atoms with Crippen molar-refractivity contribution in [2.75, 3.05) is 6.54 Å². The van der Waals surface area contributed by atoms with E-state index in [4.69, 9.17) is 0 Å². The Labute approximate surface area is 159 Å². The first-order chi connectivity index (χ1) is 12.5. The number of aromatic nitrogens is 1. The van der Waals surface area contributed by atoms with Crippen molar-refractivity contribution in [1.29, 1.82) is 0 Å². The van der Waals surface area contributed by atoms with E-state index in [1.807, 2.05) is 0 Å². The molecule has 1 atom stereocenters. The molecule has 1 amide bonds. The Morgan fingerprint density at radius 2 is 2.00 bits per heavy atom. The van der Waals surface area contributed by atoms with Gasteiger partial charge in [-0.15, -0.1) is 22.0 Å². The SMILES string of the molecule is Cl.O=C(NCc1cc(-c2ccc(C(F)F)cc2)c(F)cn1)C1CCCN1F. The minimum absolute atomic E-state index is 0. The Kier molecular flexibility index (Phi) is 7.15. The number of carbonyl (C=O) groups excluding carboxylic acids is 1. The molecule has 1 unspecified atom stereocenters. The Balaban J connectivity index is 0.00000261. The third kappa shape index (κ3) is 4.95. The lowest BCUT2D eigenvalue weighted by molar-refractivity contribution is -0.131. The molecule has 1 N–H and O–H groups in total. The molecule has 0 aliphatic carbocycles. The van der Waals surface area contributed by atoms with Crippen molar-refractivity contribution < 1.29 is 22.4 Å². The molecule has 1 aliphatic heterocycles. The van der Waals surface area contributed by atoms with Crippen molar-refractivity contribution in [2.24, 2.45) is 0 Å². The molecule has 0 spiro atoms. The third-order valence-corrected chi connectivity index (χ3v) is 4.32. The van der Waals surface area contributed by atoms with Crippen molar-refractivity contribution in [2.45, 2.75) is 31.9 Å². The highest BCUT2D eigenvalue weighted by Gasteiger charge is 2.30. The maximum absolute atomic E-state index is 14.1. The summed E-state index contributed by atoms with van der Waals surface area (Å²) in [6.07, 6.45) is -0.527. The molecule has 1 aliphatic rings. The largest absolute Gasteiger partial charge is 0.349 e. The molecule has 0 bridgehead atoms. The first-order valence-electron chi connectivity index (χ1n) is 8.18. The number of benzene rings is 1. The molecule has 1 saturated heterocycles. The lowest BCUT2D eigenvalue weighted by atomic mass is 10.0. The lowest BCUT2D eigenvalue weighted by Crippen LogP contribution is -2.39. The molecule has 9 heteroatoms. The predicted molar refractivity (Wildman–Crippen MR) is 94.5 cm³/mol. The number of amides is 1. The van der Waals surface area contributed by atoms with Gasteiger partial charge in [-0.1, -0.05) is 24.3 Å². The van der Waals surface area contributed by atoms with Crippen LogP contribution >= 0.6 is 12.4 Å². The molecule has 2 heterocycles. The first kappa shape index (κ1) is 21.1. The van der Waals surface area contributed by atoms with Crippen LogP contribution in [0.15, 0.2) is 36.5 Å².